The molecule has 0 saturated carbocycles. The van der Waals surface area contributed by atoms with Crippen molar-refractivity contribution < 1.29 is 9.18 Å². The summed E-state index contributed by atoms with van der Waals surface area (Å²) in [7, 11) is 0. The second-order valence-corrected chi connectivity index (χ2v) is 9.04. The number of rotatable bonds is 7. The summed E-state index contributed by atoms with van der Waals surface area (Å²) in [6, 6.07) is 9.89. The Morgan fingerprint density at radius 3 is 2.71 bits per heavy atom. The van der Waals surface area contributed by atoms with Gasteiger partial charge in [-0.3, -0.25) is 9.69 Å². The van der Waals surface area contributed by atoms with Crippen molar-refractivity contribution in [2.24, 2.45) is 5.92 Å². The number of nitrogens with zero attached hydrogens (tertiary/aromatic N) is 1. The van der Waals surface area contributed by atoms with E-state index >= 15 is 0 Å². The number of benzene rings is 2. The summed E-state index contributed by atoms with van der Waals surface area (Å²) in [4.78, 5) is 15.2. The molecule has 3 nitrogen and oxygen atoms in total. The quantitative estimate of drug-likeness (QED) is 0.551. The van der Waals surface area contributed by atoms with Crippen molar-refractivity contribution in [2.75, 3.05) is 25.4 Å². The van der Waals surface area contributed by atoms with Gasteiger partial charge in [-0.05, 0) is 54.8 Å². The van der Waals surface area contributed by atoms with Crippen LogP contribution in [0.1, 0.15) is 12.0 Å². The van der Waals surface area contributed by atoms with Crippen LogP contribution in [-0.2, 0) is 11.3 Å². The van der Waals surface area contributed by atoms with Gasteiger partial charge in [0.1, 0.15) is 5.82 Å². The van der Waals surface area contributed by atoms with Crippen LogP contribution in [0.3, 0.4) is 0 Å². The van der Waals surface area contributed by atoms with Gasteiger partial charge < -0.3 is 5.32 Å². The molecule has 8 heteroatoms. The van der Waals surface area contributed by atoms with E-state index < -0.39 is 0 Å². The molecule has 0 radical (unpaired) electrons. The first-order valence-corrected chi connectivity index (χ1v) is 11.0. The molecule has 0 bridgehead atoms. The van der Waals surface area contributed by atoms with Crippen molar-refractivity contribution in [3.05, 3.63) is 62.8 Å². The van der Waals surface area contributed by atoms with E-state index in [0.29, 0.717) is 32.4 Å². The van der Waals surface area contributed by atoms with E-state index in [0.717, 1.165) is 31.6 Å². The molecule has 1 saturated heterocycles. The Kier molecular flexibility index (Phi) is 7.89. The van der Waals surface area contributed by atoms with Crippen molar-refractivity contribution in [2.45, 2.75) is 17.9 Å². The first-order chi connectivity index (χ1) is 13.4. The number of carbonyl (C=O) groups excluding carboxylic acids is 1. The van der Waals surface area contributed by atoms with E-state index in [9.17, 15) is 9.18 Å². The predicted molar refractivity (Wildman–Crippen MR) is 115 cm³/mol. The van der Waals surface area contributed by atoms with E-state index in [1.165, 1.54) is 23.9 Å². The maximum atomic E-state index is 13.1. The third-order valence-electron chi connectivity index (χ3n) is 4.60. The lowest BCUT2D eigenvalue weighted by atomic mass is 10.1. The van der Waals surface area contributed by atoms with Crippen molar-refractivity contribution in [3.8, 4) is 0 Å². The van der Waals surface area contributed by atoms with Crippen molar-refractivity contribution in [1.82, 2.24) is 10.2 Å². The van der Waals surface area contributed by atoms with Crippen LogP contribution in [0.2, 0.25) is 15.1 Å². The molecular weight excluding hydrogens is 442 g/mol. The minimum Gasteiger partial charge on any atom is -0.355 e. The molecule has 1 N–H and O–H groups in total. The number of carbonyl (C=O) groups is 1. The normalized spacial score (nSPS) is 17.1. The molecular formula is C20H20Cl3FN2OS. The molecule has 28 heavy (non-hydrogen) atoms. The Balaban J connectivity index is 1.39. The van der Waals surface area contributed by atoms with Gasteiger partial charge >= 0.3 is 0 Å². The van der Waals surface area contributed by atoms with Gasteiger partial charge in [-0.2, -0.15) is 0 Å². The Morgan fingerprint density at radius 2 is 1.96 bits per heavy atom. The molecule has 150 valence electrons. The first kappa shape index (κ1) is 21.7. The average Bonchev–Trinajstić information content (AvgIpc) is 3.10. The van der Waals surface area contributed by atoms with Crippen LogP contribution in [0.4, 0.5) is 4.39 Å². The average molecular weight is 462 g/mol. The Labute approximate surface area is 183 Å². The second kappa shape index (κ2) is 10.2. The monoisotopic (exact) mass is 460 g/mol. The third kappa shape index (κ3) is 6.26. The third-order valence-corrected chi connectivity index (χ3v) is 6.84. The number of hydrogen-bond acceptors (Lipinski definition) is 3. The highest BCUT2D eigenvalue weighted by Gasteiger charge is 2.23. The van der Waals surface area contributed by atoms with Gasteiger partial charge in [-0.15, -0.1) is 11.8 Å². The lowest BCUT2D eigenvalue weighted by molar-refractivity contribution is -0.118. The van der Waals surface area contributed by atoms with Gasteiger partial charge in [-0.25, -0.2) is 4.39 Å². The zero-order chi connectivity index (χ0) is 20.1. The van der Waals surface area contributed by atoms with Crippen molar-refractivity contribution >= 4 is 52.5 Å². The van der Waals surface area contributed by atoms with Gasteiger partial charge in [0, 0.05) is 24.5 Å². The topological polar surface area (TPSA) is 32.3 Å². The maximum Gasteiger partial charge on any atom is 0.230 e. The molecule has 3 rings (SSSR count). The smallest absolute Gasteiger partial charge is 0.230 e. The molecule has 0 aromatic heterocycles. The number of amides is 1. The molecule has 1 aliphatic heterocycles. The first-order valence-electron chi connectivity index (χ1n) is 8.91. The van der Waals surface area contributed by atoms with Crippen LogP contribution in [-0.4, -0.2) is 36.2 Å². The zero-order valence-corrected chi connectivity index (χ0v) is 18.1. The molecule has 0 aliphatic carbocycles. The van der Waals surface area contributed by atoms with Crippen molar-refractivity contribution in [3.63, 3.8) is 0 Å². The molecule has 2 aromatic carbocycles. The van der Waals surface area contributed by atoms with Crippen LogP contribution in [0.15, 0.2) is 41.3 Å². The number of likely N-dealkylation sites (tertiary alicyclic amines) is 1. The molecule has 1 atom stereocenters. The summed E-state index contributed by atoms with van der Waals surface area (Å²) in [5.41, 5.74) is 1.13. The fraction of sp³-hybridized carbons (Fsp3) is 0.350. The molecule has 1 unspecified atom stereocenters. The fourth-order valence-electron chi connectivity index (χ4n) is 3.16. The van der Waals surface area contributed by atoms with Crippen molar-refractivity contribution in [1.29, 1.82) is 0 Å². The van der Waals surface area contributed by atoms with E-state index in [1.807, 2.05) is 18.2 Å². The number of nitrogens with one attached hydrogen (secondary N) is 1. The van der Waals surface area contributed by atoms with Crippen LogP contribution in [0, 0.1) is 11.7 Å². The molecule has 1 amide bonds. The van der Waals surface area contributed by atoms with Crippen LogP contribution >= 0.6 is 46.6 Å². The summed E-state index contributed by atoms with van der Waals surface area (Å²) < 4.78 is 13.1. The molecule has 0 spiro atoms. The highest BCUT2D eigenvalue weighted by atomic mass is 35.5. The van der Waals surface area contributed by atoms with E-state index in [-0.39, 0.29) is 17.5 Å². The predicted octanol–water partition coefficient (Wildman–Crippen LogP) is 5.52. The Hall–Kier alpha value is -0.980. The Morgan fingerprint density at radius 1 is 1.14 bits per heavy atom. The SMILES string of the molecule is O=C(CSc1ccc(F)cc1Cl)NCC1CCN(Cc2ccc(Cl)c(Cl)c2)C1. The van der Waals surface area contributed by atoms with Crippen LogP contribution < -0.4 is 5.32 Å². The number of hydrogen-bond donors (Lipinski definition) is 1. The van der Waals surface area contributed by atoms with Gasteiger partial charge in [0.2, 0.25) is 5.91 Å². The van der Waals surface area contributed by atoms with Gasteiger partial charge in [0.25, 0.3) is 0 Å². The maximum absolute atomic E-state index is 13.1. The standard InChI is InChI=1S/C20H20Cl3FN2OS/c21-16-3-1-13(7-17(16)22)10-26-6-5-14(11-26)9-25-20(27)12-28-19-4-2-15(24)8-18(19)23/h1-4,7-8,14H,5-6,9-12H2,(H,25,27). The van der Waals surface area contributed by atoms with Crippen LogP contribution in [0.5, 0.6) is 0 Å². The zero-order valence-electron chi connectivity index (χ0n) is 15.1. The molecule has 1 aliphatic rings. The second-order valence-electron chi connectivity index (χ2n) is 6.81. The minimum absolute atomic E-state index is 0.0478. The molecule has 2 aromatic rings. The summed E-state index contributed by atoms with van der Waals surface area (Å²) in [5.74, 6) is 0.246. The summed E-state index contributed by atoms with van der Waals surface area (Å²) >= 11 is 19.3. The lowest BCUT2D eigenvalue weighted by Crippen LogP contribution is -2.32. The highest BCUT2D eigenvalue weighted by Crippen LogP contribution is 2.28. The fourth-order valence-corrected chi connectivity index (χ4v) is 4.57. The highest BCUT2D eigenvalue weighted by molar-refractivity contribution is 8.00. The van der Waals surface area contributed by atoms with Gasteiger partial charge in [0.15, 0.2) is 0 Å². The number of thioether (sulfide) groups is 1. The minimum atomic E-state index is -0.384. The molecule has 1 heterocycles. The summed E-state index contributed by atoms with van der Waals surface area (Å²) in [6.45, 7) is 3.38. The molecule has 1 fully saturated rings. The lowest BCUT2D eigenvalue weighted by Gasteiger charge is -2.17. The van der Waals surface area contributed by atoms with E-state index in [2.05, 4.69) is 10.2 Å². The van der Waals surface area contributed by atoms with E-state index in [4.69, 9.17) is 34.8 Å². The Bertz CT molecular complexity index is 852. The van der Waals surface area contributed by atoms with E-state index in [1.54, 1.807) is 6.07 Å². The summed E-state index contributed by atoms with van der Waals surface area (Å²) in [6.07, 6.45) is 1.04. The van der Waals surface area contributed by atoms with Gasteiger partial charge in [0.05, 0.1) is 20.8 Å². The number of halogens is 4. The van der Waals surface area contributed by atoms with Crippen LogP contribution in [0.25, 0.3) is 0 Å². The van der Waals surface area contributed by atoms with Gasteiger partial charge in [-0.1, -0.05) is 40.9 Å². The summed E-state index contributed by atoms with van der Waals surface area (Å²) in [5, 5.41) is 4.44. The largest absolute Gasteiger partial charge is 0.355 e.